The zero-order valence-electron chi connectivity index (χ0n) is 25.0. The molecule has 226 valence electrons. The second-order valence-electron chi connectivity index (χ2n) is 10.8. The number of rotatable bonds is 8. The van der Waals surface area contributed by atoms with Crippen molar-refractivity contribution in [1.82, 2.24) is 15.0 Å². The van der Waals surface area contributed by atoms with Crippen LogP contribution in [0.2, 0.25) is 0 Å². The number of carboxylic acids is 2. The van der Waals surface area contributed by atoms with Gasteiger partial charge in [-0.15, -0.1) is 22.1 Å². The average Bonchev–Trinajstić information content (AvgIpc) is 3.59. The van der Waals surface area contributed by atoms with Gasteiger partial charge in [0.1, 0.15) is 0 Å². The summed E-state index contributed by atoms with van der Waals surface area (Å²) in [6, 6.07) is 7.26. The fourth-order valence-electron chi connectivity index (χ4n) is 5.80. The largest absolute Gasteiger partial charge is 2.00 e. The normalized spacial score (nSPS) is 12.7. The van der Waals surface area contributed by atoms with Crippen molar-refractivity contribution in [3.05, 3.63) is 88.5 Å². The Bertz CT molecular complexity index is 1980. The molecule has 0 atom stereocenters. The number of carboxylic acid groups (broad SMARTS) is 2. The molecule has 3 N–H and O–H groups in total. The number of aliphatic carboxylic acids is 2. The first-order valence-corrected chi connectivity index (χ1v) is 14.0. The van der Waals surface area contributed by atoms with Gasteiger partial charge >= 0.3 is 29.0 Å². The van der Waals surface area contributed by atoms with Gasteiger partial charge in [0, 0.05) is 35.3 Å². The second-order valence-corrected chi connectivity index (χ2v) is 10.8. The van der Waals surface area contributed by atoms with E-state index < -0.39 is 11.9 Å². The molecular weight excluding hydrogens is 600 g/mol. The molecule has 0 aromatic carbocycles. The van der Waals surface area contributed by atoms with Crippen molar-refractivity contribution >= 4 is 62.4 Å². The Morgan fingerprint density at radius 2 is 1.39 bits per heavy atom. The van der Waals surface area contributed by atoms with Crippen LogP contribution >= 0.6 is 0 Å². The van der Waals surface area contributed by atoms with Gasteiger partial charge in [0.25, 0.3) is 11.4 Å². The molecule has 0 amide bonds. The molecule has 0 saturated heterocycles. The maximum Gasteiger partial charge on any atom is 2.00 e. The number of hydrogen-bond donors (Lipinski definition) is 3. The summed E-state index contributed by atoms with van der Waals surface area (Å²) in [7, 11) is 0. The topological polar surface area (TPSA) is 140 Å². The summed E-state index contributed by atoms with van der Waals surface area (Å²) in [6.07, 6.45) is 3.78. The van der Waals surface area contributed by atoms with Crippen LogP contribution in [0.5, 0.6) is 0 Å². The summed E-state index contributed by atoms with van der Waals surface area (Å²) in [5.41, 5.74) is 11.1. The Morgan fingerprint density at radius 3 is 2.02 bits per heavy atom. The number of carbonyl (C=O) groups is 2. The van der Waals surface area contributed by atoms with Crippen LogP contribution in [0.15, 0.2) is 43.5 Å². The molecule has 0 aliphatic carbocycles. The molecule has 3 aromatic rings. The summed E-state index contributed by atoms with van der Waals surface area (Å²) in [4.78, 5) is 37.7. The fourth-order valence-corrected chi connectivity index (χ4v) is 5.80. The minimum absolute atomic E-state index is 0. The molecule has 2 aliphatic heterocycles. The van der Waals surface area contributed by atoms with Gasteiger partial charge in [-0.1, -0.05) is 54.1 Å². The van der Waals surface area contributed by atoms with Crippen LogP contribution in [0.3, 0.4) is 0 Å². The molecule has 0 radical (unpaired) electrons. The van der Waals surface area contributed by atoms with E-state index in [0.29, 0.717) is 44.8 Å². The Labute approximate surface area is 265 Å². The molecule has 5 heterocycles. The van der Waals surface area contributed by atoms with Crippen LogP contribution in [0.25, 0.3) is 50.4 Å². The maximum absolute atomic E-state index is 11.5. The van der Waals surface area contributed by atoms with Crippen molar-refractivity contribution in [2.45, 2.75) is 53.4 Å². The van der Waals surface area contributed by atoms with E-state index in [1.807, 2.05) is 39.8 Å². The van der Waals surface area contributed by atoms with Crippen LogP contribution in [-0.2, 0) is 33.1 Å². The van der Waals surface area contributed by atoms with Crippen molar-refractivity contribution in [1.29, 1.82) is 0 Å². The third kappa shape index (κ3) is 5.66. The van der Waals surface area contributed by atoms with Crippen molar-refractivity contribution in [3.63, 3.8) is 0 Å². The van der Waals surface area contributed by atoms with Crippen LogP contribution in [0.1, 0.15) is 78.1 Å². The smallest absolute Gasteiger partial charge is 0.657 e. The Kier molecular flexibility index (Phi) is 9.18. The van der Waals surface area contributed by atoms with Crippen LogP contribution in [0, 0.1) is 13.8 Å². The maximum atomic E-state index is 11.5. The molecule has 9 nitrogen and oxygen atoms in total. The zero-order chi connectivity index (χ0) is 31.2. The molecule has 44 heavy (non-hydrogen) atoms. The summed E-state index contributed by atoms with van der Waals surface area (Å²) in [5.74, 6) is -1.85. The molecular formula is C34H33FeN4O5+. The van der Waals surface area contributed by atoms with E-state index in [1.165, 1.54) is 0 Å². The van der Waals surface area contributed by atoms with E-state index >= 15 is 0 Å². The number of aromatic nitrogens is 4. The third-order valence-electron chi connectivity index (χ3n) is 8.28. The van der Waals surface area contributed by atoms with Gasteiger partial charge in [0.15, 0.2) is 0 Å². The Balaban J connectivity index is 0.00000442. The number of aryl methyl sites for hydroxylation is 3. The van der Waals surface area contributed by atoms with E-state index in [9.17, 15) is 25.0 Å². The monoisotopic (exact) mass is 633 g/mol. The molecule has 0 spiro atoms. The van der Waals surface area contributed by atoms with Gasteiger partial charge in [-0.05, 0) is 57.2 Å². The zero-order valence-corrected chi connectivity index (χ0v) is 26.1. The summed E-state index contributed by atoms with van der Waals surface area (Å²) in [5, 5.41) is 30.3. The van der Waals surface area contributed by atoms with Crippen molar-refractivity contribution in [2.24, 2.45) is 0 Å². The molecule has 0 unspecified atom stereocenters. The van der Waals surface area contributed by atoms with Gasteiger partial charge in [-0.25, -0.2) is 4.98 Å². The first kappa shape index (κ1) is 32.3. The molecule has 8 bridgehead atoms. The van der Waals surface area contributed by atoms with Gasteiger partial charge in [-0.3, -0.25) is 14.8 Å². The van der Waals surface area contributed by atoms with E-state index in [0.717, 1.165) is 49.3 Å². The van der Waals surface area contributed by atoms with E-state index in [2.05, 4.69) is 13.2 Å². The molecule has 0 saturated carbocycles. The molecule has 3 aromatic heterocycles. The minimum atomic E-state index is -0.928. The number of allylic oxidation sites excluding steroid dienone is 5. The van der Waals surface area contributed by atoms with Crippen molar-refractivity contribution in [3.8, 4) is 0 Å². The van der Waals surface area contributed by atoms with Gasteiger partial charge in [-0.2, -0.15) is 0 Å². The van der Waals surface area contributed by atoms with Gasteiger partial charge in [0.05, 0.1) is 17.0 Å². The van der Waals surface area contributed by atoms with E-state index in [-0.39, 0.29) is 42.8 Å². The fraction of sp³-hybridized carbons (Fsp3) is 0.235. The van der Waals surface area contributed by atoms with Crippen LogP contribution < -0.4 is 14.7 Å². The standard InChI is InChI=1S/C34H34N4O5.Fe/c1-7-21-17(3)27-16-32-22(8-2)20(6)31(38(32)43)15-26-19(5)24(10-12-34(41)42)30(37-26)14-29-23(9-11-33(39)40)18(4)25(35-29)13-28(21)36-27;/h7-8,13-16,43H,1-2,9-12H2,3-6H3,(H3,35,36,37,39,40,41,42);/q;+2/p-1. The average molecular weight is 634 g/mol. The Hall–Kier alpha value is -4.66. The van der Waals surface area contributed by atoms with Gasteiger partial charge < -0.3 is 20.2 Å². The predicted molar refractivity (Wildman–Crippen MR) is 166 cm³/mol. The van der Waals surface area contributed by atoms with Crippen LogP contribution in [-0.4, -0.2) is 32.3 Å². The molecule has 0 fully saturated rings. The second kappa shape index (κ2) is 12.5. The predicted octanol–water partition coefficient (Wildman–Crippen LogP) is 5.89. The van der Waals surface area contributed by atoms with E-state index in [1.54, 1.807) is 24.3 Å². The van der Waals surface area contributed by atoms with Crippen molar-refractivity contribution < 1.29 is 46.8 Å². The molecule has 2 aliphatic rings. The first-order chi connectivity index (χ1) is 20.4. The third-order valence-corrected chi connectivity index (χ3v) is 8.28. The summed E-state index contributed by atoms with van der Waals surface area (Å²) in [6.45, 7) is 15.6. The molecule has 10 heteroatoms. The number of fused-ring (bicyclic) bond motifs is 8. The SMILES string of the molecule is C=CC1=C(C)c2cc3[n-]c(cc4nc(cc5[n-]c(cc1[n+]2O)c(C)c5C=C)C(C)=C4CCC(=O)O)c(CCC(=O)O)c3C.[Fe+2]. The number of nitrogens with zero attached hydrogens (tertiary/aromatic N) is 4. The quantitative estimate of drug-likeness (QED) is 0.159. The minimum Gasteiger partial charge on any atom is -0.657 e. The molecule has 5 rings (SSSR count). The van der Waals surface area contributed by atoms with Crippen molar-refractivity contribution in [2.75, 3.05) is 0 Å². The van der Waals surface area contributed by atoms with E-state index in [4.69, 9.17) is 15.0 Å². The first-order valence-electron chi connectivity index (χ1n) is 14.0. The summed E-state index contributed by atoms with van der Waals surface area (Å²) >= 11 is 0. The van der Waals surface area contributed by atoms with Crippen LogP contribution in [0.4, 0.5) is 0 Å². The van der Waals surface area contributed by atoms with Gasteiger partial charge in [0.2, 0.25) is 0 Å². The Morgan fingerprint density at radius 1 is 0.795 bits per heavy atom. The number of hydrogen-bond acceptors (Lipinski definition) is 4. The summed E-state index contributed by atoms with van der Waals surface area (Å²) < 4.78 is 1.11.